The Bertz CT molecular complexity index is 497. The number of anilines is 1. The van der Waals surface area contributed by atoms with E-state index >= 15 is 0 Å². The maximum Gasteiger partial charge on any atom is 0.323 e. The quantitative estimate of drug-likeness (QED) is 0.860. The van der Waals surface area contributed by atoms with Crippen LogP contribution in [0.1, 0.15) is 31.5 Å². The Hall–Kier alpha value is -1.70. The highest BCUT2D eigenvalue weighted by molar-refractivity contribution is 7.09. The molecular weight excluding hydrogens is 292 g/mol. The molecule has 1 aliphatic rings. The fourth-order valence-corrected chi connectivity index (χ4v) is 2.93. The number of likely N-dealkylation sites (tertiary alicyclic amines) is 1. The van der Waals surface area contributed by atoms with Gasteiger partial charge in [-0.2, -0.15) is 4.37 Å². The van der Waals surface area contributed by atoms with Gasteiger partial charge in [0.25, 0.3) is 0 Å². The van der Waals surface area contributed by atoms with Gasteiger partial charge in [0.15, 0.2) is 0 Å². The molecule has 0 aliphatic carbocycles. The van der Waals surface area contributed by atoms with E-state index in [0.717, 1.165) is 19.3 Å². The predicted octanol–water partition coefficient (Wildman–Crippen LogP) is 2.04. The van der Waals surface area contributed by atoms with Crippen LogP contribution in [0.5, 0.6) is 0 Å². The summed E-state index contributed by atoms with van der Waals surface area (Å²) >= 11 is 1.19. The van der Waals surface area contributed by atoms with Crippen molar-refractivity contribution in [2.45, 2.75) is 32.6 Å². The Labute approximate surface area is 127 Å². The average Bonchev–Trinajstić information content (AvgIpc) is 2.90. The van der Waals surface area contributed by atoms with Gasteiger partial charge in [-0.3, -0.25) is 10.1 Å². The molecule has 1 aliphatic heterocycles. The van der Waals surface area contributed by atoms with Crippen LogP contribution in [0.15, 0.2) is 0 Å². The van der Waals surface area contributed by atoms with Crippen LogP contribution in [0.4, 0.5) is 9.93 Å². The SMILES string of the molecule is COC(=O)CCC1CCN(C(=O)Nc2nc(C)ns2)CC1. The second-order valence-corrected chi connectivity index (χ2v) is 5.87. The van der Waals surface area contributed by atoms with Crippen molar-refractivity contribution in [2.24, 2.45) is 5.92 Å². The lowest BCUT2D eigenvalue weighted by molar-refractivity contribution is -0.141. The Balaban J connectivity index is 1.73. The summed E-state index contributed by atoms with van der Waals surface area (Å²) in [7, 11) is 1.41. The molecule has 8 heteroatoms. The number of aromatic nitrogens is 2. The zero-order valence-corrected chi connectivity index (χ0v) is 13.1. The number of urea groups is 1. The molecule has 1 saturated heterocycles. The summed E-state index contributed by atoms with van der Waals surface area (Å²) in [5, 5.41) is 3.30. The molecule has 1 N–H and O–H groups in total. The highest BCUT2D eigenvalue weighted by Crippen LogP contribution is 2.22. The molecule has 0 spiro atoms. The van der Waals surface area contributed by atoms with Crippen molar-refractivity contribution in [1.82, 2.24) is 14.3 Å². The molecule has 0 radical (unpaired) electrons. The number of nitrogens with zero attached hydrogens (tertiary/aromatic N) is 3. The summed E-state index contributed by atoms with van der Waals surface area (Å²) in [5.41, 5.74) is 0. The first kappa shape index (κ1) is 15.7. The van der Waals surface area contributed by atoms with Crippen LogP contribution in [-0.2, 0) is 9.53 Å². The zero-order valence-electron chi connectivity index (χ0n) is 12.3. The Morgan fingerprint density at radius 1 is 1.43 bits per heavy atom. The number of methoxy groups -OCH3 is 1. The smallest absolute Gasteiger partial charge is 0.323 e. The van der Waals surface area contributed by atoms with E-state index in [2.05, 4.69) is 19.4 Å². The number of esters is 1. The van der Waals surface area contributed by atoms with Crippen LogP contribution in [0.25, 0.3) is 0 Å². The van der Waals surface area contributed by atoms with E-state index in [1.165, 1.54) is 18.6 Å². The van der Waals surface area contributed by atoms with Gasteiger partial charge in [0.05, 0.1) is 7.11 Å². The van der Waals surface area contributed by atoms with E-state index in [1.807, 2.05) is 0 Å². The molecule has 0 atom stereocenters. The highest BCUT2D eigenvalue weighted by Gasteiger charge is 2.23. The van der Waals surface area contributed by atoms with Crippen molar-refractivity contribution in [2.75, 3.05) is 25.5 Å². The number of rotatable bonds is 4. The van der Waals surface area contributed by atoms with E-state index < -0.39 is 0 Å². The van der Waals surface area contributed by atoms with Crippen LogP contribution >= 0.6 is 11.5 Å². The van der Waals surface area contributed by atoms with E-state index in [1.54, 1.807) is 11.8 Å². The lowest BCUT2D eigenvalue weighted by Crippen LogP contribution is -2.41. The van der Waals surface area contributed by atoms with Crippen LogP contribution < -0.4 is 5.32 Å². The summed E-state index contributed by atoms with van der Waals surface area (Å²) in [4.78, 5) is 29.1. The van der Waals surface area contributed by atoms with Crippen molar-refractivity contribution >= 4 is 28.7 Å². The molecule has 0 aromatic carbocycles. The molecule has 1 fully saturated rings. The molecule has 2 amide bonds. The van der Waals surface area contributed by atoms with Crippen LogP contribution in [0, 0.1) is 12.8 Å². The summed E-state index contributed by atoms with van der Waals surface area (Å²) in [6, 6.07) is -0.127. The molecule has 7 nitrogen and oxygen atoms in total. The fourth-order valence-electron chi connectivity index (χ4n) is 2.37. The fraction of sp³-hybridized carbons (Fsp3) is 0.692. The summed E-state index contributed by atoms with van der Waals surface area (Å²) in [6.07, 6.45) is 3.12. The molecular formula is C13H20N4O3S. The maximum absolute atomic E-state index is 12.1. The van der Waals surface area contributed by atoms with Gasteiger partial charge < -0.3 is 9.64 Å². The molecule has 0 bridgehead atoms. The third-order valence-electron chi connectivity index (χ3n) is 3.63. The number of carbonyl (C=O) groups is 2. The second kappa shape index (κ2) is 7.35. The Morgan fingerprint density at radius 2 is 2.14 bits per heavy atom. The number of aryl methyl sites for hydroxylation is 1. The maximum atomic E-state index is 12.1. The first-order chi connectivity index (χ1) is 10.1. The van der Waals surface area contributed by atoms with Gasteiger partial charge in [0.1, 0.15) is 5.82 Å². The van der Waals surface area contributed by atoms with Gasteiger partial charge in [-0.15, -0.1) is 0 Å². The number of carbonyl (C=O) groups excluding carboxylic acids is 2. The van der Waals surface area contributed by atoms with Gasteiger partial charge in [-0.25, -0.2) is 9.78 Å². The standard InChI is InChI=1S/C13H20N4O3S/c1-9-14-12(21-16-9)15-13(19)17-7-5-10(6-8-17)3-4-11(18)20-2/h10H,3-8H2,1-2H3,(H,14,15,16,19). The zero-order chi connectivity index (χ0) is 15.2. The Kier molecular flexibility index (Phi) is 5.49. The molecule has 2 heterocycles. The monoisotopic (exact) mass is 312 g/mol. The van der Waals surface area contributed by atoms with E-state index in [4.69, 9.17) is 0 Å². The Morgan fingerprint density at radius 3 is 2.71 bits per heavy atom. The third kappa shape index (κ3) is 4.66. The van der Waals surface area contributed by atoms with Crippen LogP contribution in [-0.4, -0.2) is 46.5 Å². The lowest BCUT2D eigenvalue weighted by atomic mass is 9.92. The van der Waals surface area contributed by atoms with Crippen molar-refractivity contribution in [3.8, 4) is 0 Å². The number of hydrogen-bond donors (Lipinski definition) is 1. The summed E-state index contributed by atoms with van der Waals surface area (Å²) < 4.78 is 8.67. The first-order valence-electron chi connectivity index (χ1n) is 7.01. The van der Waals surface area contributed by atoms with Gasteiger partial charge in [0, 0.05) is 31.0 Å². The lowest BCUT2D eigenvalue weighted by Gasteiger charge is -2.31. The van der Waals surface area contributed by atoms with Crippen molar-refractivity contribution in [3.63, 3.8) is 0 Å². The highest BCUT2D eigenvalue weighted by atomic mass is 32.1. The van der Waals surface area contributed by atoms with Crippen molar-refractivity contribution in [1.29, 1.82) is 0 Å². The summed E-state index contributed by atoms with van der Waals surface area (Å²) in [6.45, 7) is 3.20. The topological polar surface area (TPSA) is 84.4 Å². The molecule has 0 saturated carbocycles. The van der Waals surface area contributed by atoms with E-state index in [0.29, 0.717) is 36.4 Å². The van der Waals surface area contributed by atoms with Gasteiger partial charge in [-0.1, -0.05) is 0 Å². The van der Waals surface area contributed by atoms with Crippen LogP contribution in [0.3, 0.4) is 0 Å². The molecule has 2 rings (SSSR count). The molecule has 0 unspecified atom stereocenters. The first-order valence-corrected chi connectivity index (χ1v) is 7.79. The molecule has 116 valence electrons. The van der Waals surface area contributed by atoms with Crippen LogP contribution in [0.2, 0.25) is 0 Å². The number of nitrogens with one attached hydrogen (secondary N) is 1. The normalized spacial score (nSPS) is 15.8. The average molecular weight is 312 g/mol. The van der Waals surface area contributed by atoms with Gasteiger partial charge in [-0.05, 0) is 32.1 Å². The number of piperidine rings is 1. The summed E-state index contributed by atoms with van der Waals surface area (Å²) in [5.74, 6) is 0.982. The molecule has 1 aromatic rings. The van der Waals surface area contributed by atoms with Gasteiger partial charge >= 0.3 is 12.0 Å². The minimum atomic E-state index is -0.165. The molecule has 21 heavy (non-hydrogen) atoms. The van der Waals surface area contributed by atoms with Gasteiger partial charge in [0.2, 0.25) is 5.13 Å². The number of hydrogen-bond acceptors (Lipinski definition) is 6. The van der Waals surface area contributed by atoms with Crippen molar-refractivity contribution in [3.05, 3.63) is 5.82 Å². The molecule has 1 aromatic heterocycles. The third-order valence-corrected chi connectivity index (χ3v) is 4.35. The minimum Gasteiger partial charge on any atom is -0.469 e. The number of ether oxygens (including phenoxy) is 1. The predicted molar refractivity (Wildman–Crippen MR) is 79.2 cm³/mol. The minimum absolute atomic E-state index is 0.127. The largest absolute Gasteiger partial charge is 0.469 e. The van der Waals surface area contributed by atoms with Crippen molar-refractivity contribution < 1.29 is 14.3 Å². The number of amides is 2. The van der Waals surface area contributed by atoms with E-state index in [-0.39, 0.29) is 12.0 Å². The van der Waals surface area contributed by atoms with E-state index in [9.17, 15) is 9.59 Å². The second-order valence-electron chi connectivity index (χ2n) is 5.12.